The molecule has 1 aliphatic rings. The maximum Gasteiger partial charge on any atom is 0.248 e. The first kappa shape index (κ1) is 14.5. The Balaban J connectivity index is 1.75. The van der Waals surface area contributed by atoms with Crippen LogP contribution in [0.25, 0.3) is 0 Å². The van der Waals surface area contributed by atoms with Crippen LogP contribution in [0.15, 0.2) is 24.3 Å². The highest BCUT2D eigenvalue weighted by atomic mass is 16.1. The van der Waals surface area contributed by atoms with E-state index in [4.69, 9.17) is 5.73 Å². The van der Waals surface area contributed by atoms with Crippen LogP contribution >= 0.6 is 0 Å². The highest BCUT2D eigenvalue weighted by Crippen LogP contribution is 2.14. The van der Waals surface area contributed by atoms with E-state index in [0.29, 0.717) is 24.4 Å². The summed E-state index contributed by atoms with van der Waals surface area (Å²) in [5.74, 6) is 0.229. The summed E-state index contributed by atoms with van der Waals surface area (Å²) in [4.78, 5) is 22.8. The molecular formula is C15H21N3O2. The van der Waals surface area contributed by atoms with E-state index in [1.54, 1.807) is 18.2 Å². The number of carbonyl (C=O) groups excluding carboxylic acids is 2. The van der Waals surface area contributed by atoms with Gasteiger partial charge >= 0.3 is 0 Å². The molecular weight excluding hydrogens is 254 g/mol. The summed E-state index contributed by atoms with van der Waals surface area (Å²) in [6.45, 7) is 2.52. The quantitative estimate of drug-likeness (QED) is 0.717. The molecule has 2 rings (SSSR count). The summed E-state index contributed by atoms with van der Waals surface area (Å²) >= 11 is 0. The minimum atomic E-state index is -0.452. The molecule has 1 fully saturated rings. The number of benzene rings is 1. The van der Waals surface area contributed by atoms with Gasteiger partial charge in [0.25, 0.3) is 0 Å². The standard InChI is InChI=1S/C15H21N3O2/c16-15(20)13-3-1-2-12(8-13)10-18-14(19)5-4-11-6-7-17-9-11/h1-3,8,11,17H,4-7,9-10H2,(H2,16,20)(H,18,19). The van der Waals surface area contributed by atoms with E-state index in [0.717, 1.165) is 31.5 Å². The SMILES string of the molecule is NC(=O)c1cccc(CNC(=O)CCC2CCNC2)c1. The van der Waals surface area contributed by atoms with Gasteiger partial charge in [0.15, 0.2) is 0 Å². The van der Waals surface area contributed by atoms with Gasteiger partial charge in [-0.15, -0.1) is 0 Å². The van der Waals surface area contributed by atoms with E-state index in [1.807, 2.05) is 6.07 Å². The molecule has 1 unspecified atom stereocenters. The fourth-order valence-electron chi connectivity index (χ4n) is 2.42. The Morgan fingerprint density at radius 2 is 2.25 bits per heavy atom. The third kappa shape index (κ3) is 4.35. The average Bonchev–Trinajstić information content (AvgIpc) is 2.96. The minimum Gasteiger partial charge on any atom is -0.366 e. The second-order valence-electron chi connectivity index (χ2n) is 5.24. The molecule has 108 valence electrons. The lowest BCUT2D eigenvalue weighted by Crippen LogP contribution is -2.23. The van der Waals surface area contributed by atoms with Crippen molar-refractivity contribution >= 4 is 11.8 Å². The van der Waals surface area contributed by atoms with Gasteiger partial charge in [-0.05, 0) is 49.5 Å². The topological polar surface area (TPSA) is 84.2 Å². The second kappa shape index (κ2) is 7.05. The Morgan fingerprint density at radius 3 is 2.95 bits per heavy atom. The lowest BCUT2D eigenvalue weighted by atomic mass is 10.0. The number of rotatable bonds is 6. The first-order valence-corrected chi connectivity index (χ1v) is 7.01. The van der Waals surface area contributed by atoms with Crippen LogP contribution in [0.5, 0.6) is 0 Å². The Morgan fingerprint density at radius 1 is 1.40 bits per heavy atom. The molecule has 0 spiro atoms. The van der Waals surface area contributed by atoms with Gasteiger partial charge in [-0.25, -0.2) is 0 Å². The first-order chi connectivity index (χ1) is 9.65. The summed E-state index contributed by atoms with van der Waals surface area (Å²) in [5.41, 5.74) is 6.58. The molecule has 20 heavy (non-hydrogen) atoms. The fourth-order valence-corrected chi connectivity index (χ4v) is 2.42. The van der Waals surface area contributed by atoms with Crippen molar-refractivity contribution in [1.82, 2.24) is 10.6 Å². The van der Waals surface area contributed by atoms with Gasteiger partial charge in [0.05, 0.1) is 0 Å². The van der Waals surface area contributed by atoms with Crippen LogP contribution in [0.1, 0.15) is 35.2 Å². The monoisotopic (exact) mass is 275 g/mol. The zero-order valence-corrected chi connectivity index (χ0v) is 11.5. The molecule has 1 atom stereocenters. The van der Waals surface area contributed by atoms with Gasteiger partial charge in [-0.3, -0.25) is 9.59 Å². The third-order valence-corrected chi connectivity index (χ3v) is 3.64. The Hall–Kier alpha value is -1.88. The summed E-state index contributed by atoms with van der Waals surface area (Å²) < 4.78 is 0. The van der Waals surface area contributed by atoms with Crippen LogP contribution in [0.4, 0.5) is 0 Å². The molecule has 1 aliphatic heterocycles. The van der Waals surface area contributed by atoms with Crippen LogP contribution in [0.2, 0.25) is 0 Å². The molecule has 5 heteroatoms. The van der Waals surface area contributed by atoms with E-state index in [-0.39, 0.29) is 5.91 Å². The molecule has 2 amide bonds. The fraction of sp³-hybridized carbons (Fsp3) is 0.467. The number of carbonyl (C=O) groups is 2. The van der Waals surface area contributed by atoms with Crippen molar-refractivity contribution in [1.29, 1.82) is 0 Å². The third-order valence-electron chi connectivity index (χ3n) is 3.64. The summed E-state index contributed by atoms with van der Waals surface area (Å²) in [6, 6.07) is 7.02. The maximum atomic E-state index is 11.8. The van der Waals surface area contributed by atoms with Crippen LogP contribution in [0, 0.1) is 5.92 Å². The number of amides is 2. The van der Waals surface area contributed by atoms with Crippen molar-refractivity contribution in [2.75, 3.05) is 13.1 Å². The van der Waals surface area contributed by atoms with Crippen molar-refractivity contribution in [3.8, 4) is 0 Å². The summed E-state index contributed by atoms with van der Waals surface area (Å²) in [7, 11) is 0. The van der Waals surface area contributed by atoms with Crippen molar-refractivity contribution in [2.24, 2.45) is 11.7 Å². The average molecular weight is 275 g/mol. The molecule has 0 aliphatic carbocycles. The Bertz CT molecular complexity index is 482. The van der Waals surface area contributed by atoms with Crippen molar-refractivity contribution in [3.63, 3.8) is 0 Å². The largest absolute Gasteiger partial charge is 0.366 e. The van der Waals surface area contributed by atoms with E-state index in [1.165, 1.54) is 0 Å². The van der Waals surface area contributed by atoms with Crippen LogP contribution < -0.4 is 16.4 Å². The maximum absolute atomic E-state index is 11.8. The zero-order valence-electron chi connectivity index (χ0n) is 11.5. The molecule has 1 saturated heterocycles. The molecule has 0 aromatic heterocycles. The Labute approximate surface area is 118 Å². The van der Waals surface area contributed by atoms with Gasteiger partial charge in [0.1, 0.15) is 0 Å². The smallest absolute Gasteiger partial charge is 0.248 e. The molecule has 5 nitrogen and oxygen atoms in total. The molecule has 1 aromatic rings. The molecule has 0 saturated carbocycles. The van der Waals surface area contributed by atoms with E-state index >= 15 is 0 Å². The zero-order chi connectivity index (χ0) is 14.4. The van der Waals surface area contributed by atoms with Crippen LogP contribution in [-0.4, -0.2) is 24.9 Å². The van der Waals surface area contributed by atoms with Crippen molar-refractivity contribution in [2.45, 2.75) is 25.8 Å². The minimum absolute atomic E-state index is 0.0568. The molecule has 4 N–H and O–H groups in total. The van der Waals surface area contributed by atoms with Gasteiger partial charge in [0, 0.05) is 18.5 Å². The highest BCUT2D eigenvalue weighted by Gasteiger charge is 2.15. The normalized spacial score (nSPS) is 17.9. The van der Waals surface area contributed by atoms with Crippen LogP contribution in [0.3, 0.4) is 0 Å². The predicted molar refractivity (Wildman–Crippen MR) is 77.0 cm³/mol. The van der Waals surface area contributed by atoms with Crippen molar-refractivity contribution < 1.29 is 9.59 Å². The summed E-state index contributed by atoms with van der Waals surface area (Å²) in [6.07, 6.45) is 2.65. The Kier molecular flexibility index (Phi) is 5.12. The summed E-state index contributed by atoms with van der Waals surface area (Å²) in [5, 5.41) is 6.17. The second-order valence-corrected chi connectivity index (χ2v) is 5.24. The number of hydrogen-bond donors (Lipinski definition) is 3. The van der Waals surface area contributed by atoms with Gasteiger partial charge in [0.2, 0.25) is 11.8 Å². The molecule has 1 aromatic carbocycles. The number of primary amides is 1. The van der Waals surface area contributed by atoms with E-state index in [9.17, 15) is 9.59 Å². The first-order valence-electron chi connectivity index (χ1n) is 7.01. The lowest BCUT2D eigenvalue weighted by Gasteiger charge is -2.09. The molecule has 1 heterocycles. The van der Waals surface area contributed by atoms with Gasteiger partial charge in [-0.2, -0.15) is 0 Å². The highest BCUT2D eigenvalue weighted by molar-refractivity contribution is 5.92. The van der Waals surface area contributed by atoms with Gasteiger partial charge < -0.3 is 16.4 Å². The predicted octanol–water partition coefficient (Wildman–Crippen LogP) is 0.791. The van der Waals surface area contributed by atoms with E-state index < -0.39 is 5.91 Å². The lowest BCUT2D eigenvalue weighted by molar-refractivity contribution is -0.121. The van der Waals surface area contributed by atoms with Crippen molar-refractivity contribution in [3.05, 3.63) is 35.4 Å². The van der Waals surface area contributed by atoms with Crippen LogP contribution in [-0.2, 0) is 11.3 Å². The number of nitrogens with two attached hydrogens (primary N) is 1. The number of nitrogens with one attached hydrogen (secondary N) is 2. The van der Waals surface area contributed by atoms with Gasteiger partial charge in [-0.1, -0.05) is 12.1 Å². The number of hydrogen-bond acceptors (Lipinski definition) is 3. The van der Waals surface area contributed by atoms with E-state index in [2.05, 4.69) is 10.6 Å². The molecule has 0 radical (unpaired) electrons. The molecule has 0 bridgehead atoms.